The first kappa shape index (κ1) is 14.2. The molecule has 0 radical (unpaired) electrons. The number of benzene rings is 1. The molecular formula is C14H19ClFN. The summed E-state index contributed by atoms with van der Waals surface area (Å²) in [6, 6.07) is 4.72. The quantitative estimate of drug-likeness (QED) is 0.754. The fourth-order valence-corrected chi connectivity index (χ4v) is 1.58. The van der Waals surface area contributed by atoms with Crippen LogP contribution in [0.1, 0.15) is 25.8 Å². The Labute approximate surface area is 108 Å². The molecule has 0 aromatic heterocycles. The Hall–Kier alpha value is -0.860. The highest BCUT2D eigenvalue weighted by molar-refractivity contribution is 6.30. The van der Waals surface area contributed by atoms with Crippen molar-refractivity contribution in [3.8, 4) is 0 Å². The van der Waals surface area contributed by atoms with Crippen LogP contribution in [0.2, 0.25) is 5.02 Å². The third kappa shape index (κ3) is 5.85. The van der Waals surface area contributed by atoms with Crippen LogP contribution in [0, 0.1) is 11.7 Å². The minimum atomic E-state index is -0.274. The third-order valence-electron chi connectivity index (χ3n) is 2.30. The van der Waals surface area contributed by atoms with E-state index in [0.29, 0.717) is 16.5 Å². The van der Waals surface area contributed by atoms with Crippen molar-refractivity contribution in [2.45, 2.75) is 20.3 Å². The van der Waals surface area contributed by atoms with Crippen molar-refractivity contribution in [2.75, 3.05) is 13.1 Å². The highest BCUT2D eigenvalue weighted by Crippen LogP contribution is 2.15. The van der Waals surface area contributed by atoms with Crippen LogP contribution in [0.4, 0.5) is 4.39 Å². The van der Waals surface area contributed by atoms with Crippen molar-refractivity contribution in [3.63, 3.8) is 0 Å². The average Bonchev–Trinajstić information content (AvgIpc) is 2.25. The van der Waals surface area contributed by atoms with Gasteiger partial charge in [-0.1, -0.05) is 43.7 Å². The van der Waals surface area contributed by atoms with Crippen LogP contribution >= 0.6 is 11.6 Å². The van der Waals surface area contributed by atoms with Gasteiger partial charge in [0.15, 0.2) is 0 Å². The Kier molecular flexibility index (Phi) is 6.23. The van der Waals surface area contributed by atoms with E-state index in [0.717, 1.165) is 19.5 Å². The number of nitrogens with one attached hydrogen (secondary N) is 1. The second-order valence-corrected chi connectivity index (χ2v) is 4.89. The van der Waals surface area contributed by atoms with Gasteiger partial charge in [0.05, 0.1) is 0 Å². The number of hydrogen-bond acceptors (Lipinski definition) is 1. The first-order valence-electron chi connectivity index (χ1n) is 5.92. The van der Waals surface area contributed by atoms with Crippen LogP contribution in [0.15, 0.2) is 24.3 Å². The Morgan fingerprint density at radius 3 is 2.82 bits per heavy atom. The van der Waals surface area contributed by atoms with Gasteiger partial charge in [0.1, 0.15) is 5.82 Å². The highest BCUT2D eigenvalue weighted by Gasteiger charge is 1.98. The number of rotatable bonds is 6. The van der Waals surface area contributed by atoms with Crippen LogP contribution in [-0.4, -0.2) is 13.1 Å². The normalized spacial score (nSPS) is 11.6. The van der Waals surface area contributed by atoms with Gasteiger partial charge in [-0.25, -0.2) is 4.39 Å². The van der Waals surface area contributed by atoms with Crippen LogP contribution in [0.5, 0.6) is 0 Å². The first-order chi connectivity index (χ1) is 8.09. The topological polar surface area (TPSA) is 12.0 Å². The van der Waals surface area contributed by atoms with E-state index < -0.39 is 0 Å². The van der Waals surface area contributed by atoms with Gasteiger partial charge < -0.3 is 5.32 Å². The molecule has 1 aromatic carbocycles. The zero-order chi connectivity index (χ0) is 12.7. The van der Waals surface area contributed by atoms with E-state index in [1.54, 1.807) is 18.2 Å². The molecule has 94 valence electrons. The fraction of sp³-hybridized carbons (Fsp3) is 0.429. The molecule has 0 fully saturated rings. The van der Waals surface area contributed by atoms with Gasteiger partial charge in [0, 0.05) is 10.6 Å². The molecule has 0 unspecified atom stereocenters. The van der Waals surface area contributed by atoms with E-state index in [1.165, 1.54) is 6.07 Å². The molecule has 0 spiro atoms. The molecule has 0 heterocycles. The van der Waals surface area contributed by atoms with E-state index in [2.05, 4.69) is 19.2 Å². The molecular weight excluding hydrogens is 237 g/mol. The van der Waals surface area contributed by atoms with Crippen molar-refractivity contribution < 1.29 is 4.39 Å². The lowest BCUT2D eigenvalue weighted by atomic mass is 10.2. The van der Waals surface area contributed by atoms with Gasteiger partial charge in [-0.15, -0.1) is 0 Å². The Balaban J connectivity index is 2.33. The summed E-state index contributed by atoms with van der Waals surface area (Å²) < 4.78 is 13.4. The summed E-state index contributed by atoms with van der Waals surface area (Å²) in [6.45, 7) is 6.28. The van der Waals surface area contributed by atoms with E-state index in [-0.39, 0.29) is 5.82 Å². The molecule has 1 N–H and O–H groups in total. The standard InChI is InChI=1S/C14H19ClFN/c1-11(2)10-17-8-4-3-5-12-6-7-13(15)9-14(12)16/h3,5-7,9,11,17H,4,8,10H2,1-2H3. The van der Waals surface area contributed by atoms with E-state index in [4.69, 9.17) is 11.6 Å². The molecule has 0 bridgehead atoms. The fourth-order valence-electron chi connectivity index (χ4n) is 1.42. The molecule has 1 aromatic rings. The minimum absolute atomic E-state index is 0.274. The Morgan fingerprint density at radius 2 is 2.18 bits per heavy atom. The van der Waals surface area contributed by atoms with Crippen LogP contribution in [0.3, 0.4) is 0 Å². The zero-order valence-electron chi connectivity index (χ0n) is 10.3. The maximum atomic E-state index is 13.4. The van der Waals surface area contributed by atoms with Gasteiger partial charge in [-0.3, -0.25) is 0 Å². The molecule has 0 amide bonds. The maximum absolute atomic E-state index is 13.4. The predicted molar refractivity (Wildman–Crippen MR) is 72.8 cm³/mol. The molecule has 0 aliphatic rings. The van der Waals surface area contributed by atoms with Gasteiger partial charge in [-0.2, -0.15) is 0 Å². The maximum Gasteiger partial charge on any atom is 0.131 e. The Morgan fingerprint density at radius 1 is 1.41 bits per heavy atom. The molecule has 0 aliphatic heterocycles. The summed E-state index contributed by atoms with van der Waals surface area (Å²) in [5.74, 6) is 0.386. The summed E-state index contributed by atoms with van der Waals surface area (Å²) in [5, 5.41) is 3.76. The summed E-state index contributed by atoms with van der Waals surface area (Å²) in [7, 11) is 0. The van der Waals surface area contributed by atoms with Crippen molar-refractivity contribution in [1.82, 2.24) is 5.32 Å². The lowest BCUT2D eigenvalue weighted by molar-refractivity contribution is 0.557. The number of hydrogen-bond donors (Lipinski definition) is 1. The molecule has 0 saturated heterocycles. The lowest BCUT2D eigenvalue weighted by Crippen LogP contribution is -2.20. The average molecular weight is 256 g/mol. The summed E-state index contributed by atoms with van der Waals surface area (Å²) >= 11 is 5.68. The SMILES string of the molecule is CC(C)CNCCC=Cc1ccc(Cl)cc1F. The second kappa shape index (κ2) is 7.46. The van der Waals surface area contributed by atoms with Crippen molar-refractivity contribution in [3.05, 3.63) is 40.7 Å². The van der Waals surface area contributed by atoms with Gasteiger partial charge in [0.2, 0.25) is 0 Å². The monoisotopic (exact) mass is 255 g/mol. The summed E-state index contributed by atoms with van der Waals surface area (Å²) in [6.07, 6.45) is 4.66. The first-order valence-corrected chi connectivity index (χ1v) is 6.29. The Bertz CT molecular complexity index is 374. The van der Waals surface area contributed by atoms with Gasteiger partial charge in [0.25, 0.3) is 0 Å². The molecule has 0 atom stereocenters. The highest BCUT2D eigenvalue weighted by atomic mass is 35.5. The largest absolute Gasteiger partial charge is 0.316 e. The molecule has 3 heteroatoms. The molecule has 1 rings (SSSR count). The van der Waals surface area contributed by atoms with E-state index >= 15 is 0 Å². The lowest BCUT2D eigenvalue weighted by Gasteiger charge is -2.04. The summed E-state index contributed by atoms with van der Waals surface area (Å²) in [5.41, 5.74) is 0.582. The third-order valence-corrected chi connectivity index (χ3v) is 2.54. The minimum Gasteiger partial charge on any atom is -0.316 e. The molecule has 17 heavy (non-hydrogen) atoms. The van der Waals surface area contributed by atoms with Crippen molar-refractivity contribution >= 4 is 17.7 Å². The van der Waals surface area contributed by atoms with Gasteiger partial charge >= 0.3 is 0 Å². The molecule has 1 nitrogen and oxygen atoms in total. The predicted octanol–water partition coefficient (Wildman–Crippen LogP) is 4.13. The van der Waals surface area contributed by atoms with Crippen molar-refractivity contribution in [2.24, 2.45) is 5.92 Å². The number of halogens is 2. The molecule has 0 aliphatic carbocycles. The van der Waals surface area contributed by atoms with Crippen LogP contribution < -0.4 is 5.32 Å². The summed E-state index contributed by atoms with van der Waals surface area (Å²) in [4.78, 5) is 0. The second-order valence-electron chi connectivity index (χ2n) is 4.45. The molecule has 0 saturated carbocycles. The smallest absolute Gasteiger partial charge is 0.131 e. The van der Waals surface area contributed by atoms with Gasteiger partial charge in [-0.05, 0) is 37.6 Å². The van der Waals surface area contributed by atoms with Crippen LogP contribution in [0.25, 0.3) is 6.08 Å². The van der Waals surface area contributed by atoms with Crippen molar-refractivity contribution in [1.29, 1.82) is 0 Å². The van der Waals surface area contributed by atoms with E-state index in [1.807, 2.05) is 6.08 Å². The zero-order valence-corrected chi connectivity index (χ0v) is 11.1. The van der Waals surface area contributed by atoms with Crippen LogP contribution in [-0.2, 0) is 0 Å². The van der Waals surface area contributed by atoms with E-state index in [9.17, 15) is 4.39 Å².